The van der Waals surface area contributed by atoms with E-state index in [1.54, 1.807) is 0 Å². The second-order valence-corrected chi connectivity index (χ2v) is 5.17. The Hall–Kier alpha value is -1.70. The fraction of sp³-hybridized carbons (Fsp3) is 0.222. The summed E-state index contributed by atoms with van der Waals surface area (Å²) >= 11 is 0. The molecule has 1 aromatic rings. The Morgan fingerprint density at radius 3 is 2.53 bits per heavy atom. The van der Waals surface area contributed by atoms with Crippen LogP contribution in [-0.2, 0) is 10.0 Å². The van der Waals surface area contributed by atoms with Crippen molar-refractivity contribution in [1.82, 2.24) is 0 Å². The van der Waals surface area contributed by atoms with Crippen molar-refractivity contribution >= 4 is 21.5 Å². The summed E-state index contributed by atoms with van der Waals surface area (Å²) in [6.07, 6.45) is 0. The van der Waals surface area contributed by atoms with E-state index < -0.39 is 15.8 Å². The number of rotatable bonds is 4. The summed E-state index contributed by atoms with van der Waals surface area (Å²) < 4.78 is 47.5. The van der Waals surface area contributed by atoms with Gasteiger partial charge in [0.15, 0.2) is 0 Å². The van der Waals surface area contributed by atoms with E-state index in [9.17, 15) is 17.2 Å². The van der Waals surface area contributed by atoms with Crippen molar-refractivity contribution in [2.75, 3.05) is 11.4 Å². The molecular weight excluding hydrogens is 252 g/mol. The Bertz CT molecular complexity index is 531. The van der Waals surface area contributed by atoms with Crippen LogP contribution >= 0.6 is 0 Å². The van der Waals surface area contributed by atoms with Gasteiger partial charge in [-0.05, 0) is 12.1 Å². The van der Waals surface area contributed by atoms with Crippen LogP contribution in [0, 0.1) is 5.41 Å². The molecule has 17 heavy (non-hydrogen) atoms. The number of hydrogen-bond acceptors (Lipinski definition) is 3. The van der Waals surface area contributed by atoms with Gasteiger partial charge in [0.25, 0.3) is 10.0 Å². The summed E-state index contributed by atoms with van der Waals surface area (Å²) in [6, 6.07) is 5.51. The Morgan fingerprint density at radius 2 is 2.06 bits per heavy atom. The van der Waals surface area contributed by atoms with Crippen LogP contribution in [0.1, 0.15) is 5.56 Å². The number of sulfonamides is 1. The van der Waals surface area contributed by atoms with E-state index in [1.807, 2.05) is 0 Å². The topological polar surface area (TPSA) is 87.2 Å². The first kappa shape index (κ1) is 13.4. The van der Waals surface area contributed by atoms with Crippen molar-refractivity contribution in [1.29, 1.82) is 5.41 Å². The molecule has 0 unspecified atom stereocenters. The number of nitrogens with one attached hydrogen (secondary N) is 1. The molecule has 0 fully saturated rings. The molecule has 0 atom stereocenters. The molecule has 0 aliphatic rings. The van der Waals surface area contributed by atoms with Gasteiger partial charge in [-0.15, -0.1) is 0 Å². The molecule has 0 saturated heterocycles. The number of nitrogen functional groups attached to an aromatic ring is 1. The second kappa shape index (κ2) is 4.66. The molecule has 94 valence electrons. The van der Waals surface area contributed by atoms with Gasteiger partial charge in [0.1, 0.15) is 5.84 Å². The molecule has 3 N–H and O–H groups in total. The van der Waals surface area contributed by atoms with Gasteiger partial charge < -0.3 is 5.73 Å². The normalized spacial score (nSPS) is 11.5. The van der Waals surface area contributed by atoms with Gasteiger partial charge in [-0.25, -0.2) is 8.42 Å². The van der Waals surface area contributed by atoms with E-state index in [1.165, 1.54) is 24.3 Å². The number of alkyl halides is 2. The third-order valence-electron chi connectivity index (χ3n) is 2.13. The molecule has 8 heteroatoms. The standard InChI is InChI=1S/C9H11F2N3O2S/c1-14(17(15,16)9(10)11)7-4-2-3-6(5-7)8(12)13/h2-5,9H,1H3,(H3,12,13). The molecule has 0 aliphatic carbocycles. The van der Waals surface area contributed by atoms with Crippen LogP contribution in [0.15, 0.2) is 24.3 Å². The van der Waals surface area contributed by atoms with Crippen molar-refractivity contribution in [2.45, 2.75) is 5.76 Å². The van der Waals surface area contributed by atoms with Gasteiger partial charge in [-0.2, -0.15) is 8.78 Å². The van der Waals surface area contributed by atoms with Crippen LogP contribution in [0.5, 0.6) is 0 Å². The third kappa shape index (κ3) is 2.70. The Kier molecular flexibility index (Phi) is 3.66. The van der Waals surface area contributed by atoms with Gasteiger partial charge in [-0.1, -0.05) is 12.1 Å². The lowest BCUT2D eigenvalue weighted by atomic mass is 10.2. The minimum atomic E-state index is -4.68. The predicted molar refractivity (Wildman–Crippen MR) is 60.8 cm³/mol. The number of anilines is 1. The van der Waals surface area contributed by atoms with Crippen LogP contribution in [0.2, 0.25) is 0 Å². The summed E-state index contributed by atoms with van der Waals surface area (Å²) in [5, 5.41) is 7.18. The SMILES string of the molecule is CN(c1cccc(C(=N)N)c1)S(=O)(=O)C(F)F. The van der Waals surface area contributed by atoms with Crippen molar-refractivity contribution in [3.05, 3.63) is 29.8 Å². The average molecular weight is 263 g/mol. The van der Waals surface area contributed by atoms with Crippen LogP contribution < -0.4 is 10.0 Å². The maximum Gasteiger partial charge on any atom is 0.355 e. The maximum absolute atomic E-state index is 12.3. The number of hydrogen-bond donors (Lipinski definition) is 2. The van der Waals surface area contributed by atoms with E-state index in [2.05, 4.69) is 0 Å². The lowest BCUT2D eigenvalue weighted by Crippen LogP contribution is -2.32. The van der Waals surface area contributed by atoms with Gasteiger partial charge in [0.2, 0.25) is 0 Å². The number of nitrogens with zero attached hydrogens (tertiary/aromatic N) is 1. The molecule has 0 aliphatic heterocycles. The van der Waals surface area contributed by atoms with Crippen molar-refractivity contribution < 1.29 is 17.2 Å². The quantitative estimate of drug-likeness (QED) is 0.626. The predicted octanol–water partition coefficient (Wildman–Crippen LogP) is 0.959. The third-order valence-corrected chi connectivity index (χ3v) is 3.55. The maximum atomic E-state index is 12.3. The highest BCUT2D eigenvalue weighted by molar-refractivity contribution is 7.93. The molecule has 0 radical (unpaired) electrons. The Morgan fingerprint density at radius 1 is 1.47 bits per heavy atom. The van der Waals surface area contributed by atoms with E-state index in [-0.39, 0.29) is 17.1 Å². The molecule has 5 nitrogen and oxygen atoms in total. The van der Waals surface area contributed by atoms with Gasteiger partial charge in [0.05, 0.1) is 5.69 Å². The van der Waals surface area contributed by atoms with E-state index >= 15 is 0 Å². The van der Waals surface area contributed by atoms with Crippen LogP contribution in [0.4, 0.5) is 14.5 Å². The zero-order valence-corrected chi connectivity index (χ0v) is 9.71. The van der Waals surface area contributed by atoms with Crippen molar-refractivity contribution in [2.24, 2.45) is 5.73 Å². The van der Waals surface area contributed by atoms with Gasteiger partial charge in [-0.3, -0.25) is 9.71 Å². The monoisotopic (exact) mass is 263 g/mol. The van der Waals surface area contributed by atoms with Crippen molar-refractivity contribution in [3.63, 3.8) is 0 Å². The highest BCUT2D eigenvalue weighted by Crippen LogP contribution is 2.21. The average Bonchev–Trinajstić information content (AvgIpc) is 2.27. The summed E-state index contributed by atoms with van der Waals surface area (Å²) in [7, 11) is -3.67. The molecular formula is C9H11F2N3O2S. The number of amidine groups is 1. The van der Waals surface area contributed by atoms with Crippen LogP contribution in [0.3, 0.4) is 0 Å². The summed E-state index contributed by atoms with van der Waals surface area (Å²) in [5.74, 6) is -3.76. The van der Waals surface area contributed by atoms with E-state index in [0.717, 1.165) is 7.05 Å². The minimum absolute atomic E-state index is 0.0259. The van der Waals surface area contributed by atoms with Gasteiger partial charge in [0, 0.05) is 12.6 Å². The molecule has 0 aromatic heterocycles. The highest BCUT2D eigenvalue weighted by Gasteiger charge is 2.29. The Labute approximate surface area is 97.4 Å². The molecule has 1 aromatic carbocycles. The minimum Gasteiger partial charge on any atom is -0.384 e. The first-order chi connectivity index (χ1) is 7.76. The largest absolute Gasteiger partial charge is 0.384 e. The summed E-state index contributed by atoms with van der Waals surface area (Å²) in [5.41, 5.74) is 5.51. The van der Waals surface area contributed by atoms with E-state index in [0.29, 0.717) is 4.31 Å². The number of halogens is 2. The first-order valence-corrected chi connectivity index (χ1v) is 5.97. The fourth-order valence-corrected chi connectivity index (χ4v) is 1.78. The Balaban J connectivity index is 3.18. The summed E-state index contributed by atoms with van der Waals surface area (Å²) in [6.45, 7) is 0. The zero-order valence-electron chi connectivity index (χ0n) is 8.89. The smallest absolute Gasteiger partial charge is 0.355 e. The van der Waals surface area contributed by atoms with Gasteiger partial charge >= 0.3 is 5.76 Å². The second-order valence-electron chi connectivity index (χ2n) is 3.24. The van der Waals surface area contributed by atoms with E-state index in [4.69, 9.17) is 11.1 Å². The lowest BCUT2D eigenvalue weighted by molar-refractivity contribution is 0.234. The molecule has 1 rings (SSSR count). The molecule has 0 amide bonds. The molecule has 0 spiro atoms. The number of benzene rings is 1. The molecule has 0 bridgehead atoms. The first-order valence-electron chi connectivity index (χ1n) is 4.47. The zero-order chi connectivity index (χ0) is 13.2. The summed E-state index contributed by atoms with van der Waals surface area (Å²) in [4.78, 5) is 0. The molecule has 0 saturated carbocycles. The van der Waals surface area contributed by atoms with Crippen LogP contribution in [-0.4, -0.2) is 27.1 Å². The molecule has 0 heterocycles. The van der Waals surface area contributed by atoms with Crippen LogP contribution in [0.25, 0.3) is 0 Å². The highest BCUT2D eigenvalue weighted by atomic mass is 32.2. The van der Waals surface area contributed by atoms with Crippen molar-refractivity contribution in [3.8, 4) is 0 Å². The number of nitrogens with two attached hydrogens (primary N) is 1. The fourth-order valence-electron chi connectivity index (χ4n) is 1.14. The lowest BCUT2D eigenvalue weighted by Gasteiger charge is -2.19.